The lowest BCUT2D eigenvalue weighted by Crippen LogP contribution is -2.40. The molecule has 1 saturated heterocycles. The molecule has 0 aromatic heterocycles. The second-order valence-corrected chi connectivity index (χ2v) is 4.85. The van der Waals surface area contributed by atoms with Crippen LogP contribution in [0.3, 0.4) is 0 Å². The number of rotatable bonds is 8. The van der Waals surface area contributed by atoms with Crippen LogP contribution in [0.15, 0.2) is 24.3 Å². The van der Waals surface area contributed by atoms with E-state index in [1.54, 1.807) is 24.3 Å². The number of nitrogens with zero attached hydrogens (tertiary/aromatic N) is 1. The highest BCUT2D eigenvalue weighted by molar-refractivity contribution is 5.90. The van der Waals surface area contributed by atoms with Crippen LogP contribution in [0.4, 0.5) is 0 Å². The number of para-hydroxylation sites is 1. The zero-order valence-electron chi connectivity index (χ0n) is 12.1. The molecule has 2 rings (SSSR count). The third-order valence-electron chi connectivity index (χ3n) is 3.36. The molecule has 0 atom stereocenters. The first-order chi connectivity index (χ1) is 10.3. The van der Waals surface area contributed by atoms with Crippen molar-refractivity contribution < 1.29 is 19.4 Å². The van der Waals surface area contributed by atoms with E-state index in [9.17, 15) is 4.79 Å². The lowest BCUT2D eigenvalue weighted by molar-refractivity contribution is 0.0383. The van der Waals surface area contributed by atoms with Crippen molar-refractivity contribution in [3.8, 4) is 5.75 Å². The summed E-state index contributed by atoms with van der Waals surface area (Å²) in [5.74, 6) is -0.550. The van der Waals surface area contributed by atoms with Gasteiger partial charge in [-0.05, 0) is 12.1 Å². The largest absolute Gasteiger partial charge is 0.491 e. The predicted octanol–water partition coefficient (Wildman–Crippen LogP) is 0.685. The highest BCUT2D eigenvalue weighted by Crippen LogP contribution is 2.17. The van der Waals surface area contributed by atoms with E-state index < -0.39 is 5.97 Å². The molecule has 1 aromatic carbocycles. The van der Waals surface area contributed by atoms with E-state index in [-0.39, 0.29) is 5.56 Å². The maximum atomic E-state index is 11.0. The summed E-state index contributed by atoms with van der Waals surface area (Å²) in [5.41, 5.74) is 0.200. The van der Waals surface area contributed by atoms with Crippen molar-refractivity contribution in [2.45, 2.75) is 0 Å². The van der Waals surface area contributed by atoms with Crippen molar-refractivity contribution >= 4 is 5.97 Å². The fourth-order valence-electron chi connectivity index (χ4n) is 2.19. The Bertz CT molecular complexity index is 447. The molecule has 1 aliphatic heterocycles. The minimum atomic E-state index is -0.967. The van der Waals surface area contributed by atoms with E-state index in [4.69, 9.17) is 14.6 Å². The van der Waals surface area contributed by atoms with Gasteiger partial charge in [-0.15, -0.1) is 0 Å². The second kappa shape index (κ2) is 8.61. The number of carbonyl (C=O) groups is 1. The normalized spacial score (nSPS) is 15.8. The minimum absolute atomic E-state index is 0.200. The van der Waals surface area contributed by atoms with Gasteiger partial charge in [0.1, 0.15) is 17.9 Å². The van der Waals surface area contributed by atoms with Crippen molar-refractivity contribution in [3.63, 3.8) is 0 Å². The molecule has 6 heteroatoms. The van der Waals surface area contributed by atoms with Crippen LogP contribution in [-0.2, 0) is 4.74 Å². The number of nitrogens with one attached hydrogen (secondary N) is 1. The van der Waals surface area contributed by atoms with Crippen molar-refractivity contribution in [1.82, 2.24) is 10.2 Å². The van der Waals surface area contributed by atoms with E-state index in [2.05, 4.69) is 10.2 Å². The zero-order chi connectivity index (χ0) is 14.9. The molecule has 0 amide bonds. The topological polar surface area (TPSA) is 71.0 Å². The van der Waals surface area contributed by atoms with Crippen LogP contribution in [0.1, 0.15) is 10.4 Å². The summed E-state index contributed by atoms with van der Waals surface area (Å²) in [5, 5.41) is 12.3. The van der Waals surface area contributed by atoms with Gasteiger partial charge in [0.2, 0.25) is 0 Å². The summed E-state index contributed by atoms with van der Waals surface area (Å²) in [6, 6.07) is 6.69. The monoisotopic (exact) mass is 294 g/mol. The average molecular weight is 294 g/mol. The molecule has 1 fully saturated rings. The Labute approximate surface area is 124 Å². The molecule has 0 spiro atoms. The Balaban J connectivity index is 1.60. The quantitative estimate of drug-likeness (QED) is 0.687. The smallest absolute Gasteiger partial charge is 0.339 e. The molecule has 0 bridgehead atoms. The van der Waals surface area contributed by atoms with E-state index in [1.165, 1.54) is 0 Å². The molecule has 0 saturated carbocycles. The van der Waals surface area contributed by atoms with Gasteiger partial charge >= 0.3 is 5.97 Å². The maximum absolute atomic E-state index is 11.0. The first-order valence-electron chi connectivity index (χ1n) is 7.23. The number of aromatic carboxylic acids is 1. The average Bonchev–Trinajstić information content (AvgIpc) is 2.52. The number of ether oxygens (including phenoxy) is 2. The van der Waals surface area contributed by atoms with Gasteiger partial charge in [0.25, 0.3) is 0 Å². The first-order valence-corrected chi connectivity index (χ1v) is 7.23. The van der Waals surface area contributed by atoms with Crippen molar-refractivity contribution in [2.75, 3.05) is 52.5 Å². The van der Waals surface area contributed by atoms with E-state index in [1.807, 2.05) is 0 Å². The van der Waals surface area contributed by atoms with Gasteiger partial charge in [0.15, 0.2) is 0 Å². The summed E-state index contributed by atoms with van der Waals surface area (Å²) in [6.07, 6.45) is 0. The van der Waals surface area contributed by atoms with Gasteiger partial charge < -0.3 is 19.9 Å². The zero-order valence-corrected chi connectivity index (χ0v) is 12.1. The minimum Gasteiger partial charge on any atom is -0.491 e. The Hall–Kier alpha value is -1.63. The van der Waals surface area contributed by atoms with Gasteiger partial charge in [-0.1, -0.05) is 12.1 Å². The predicted molar refractivity (Wildman–Crippen MR) is 79.0 cm³/mol. The van der Waals surface area contributed by atoms with Crippen LogP contribution in [0.2, 0.25) is 0 Å². The van der Waals surface area contributed by atoms with Gasteiger partial charge in [-0.3, -0.25) is 4.90 Å². The van der Waals surface area contributed by atoms with Gasteiger partial charge in [-0.2, -0.15) is 0 Å². The lowest BCUT2D eigenvalue weighted by atomic mass is 10.2. The third kappa shape index (κ3) is 5.34. The molecule has 6 nitrogen and oxygen atoms in total. The fraction of sp³-hybridized carbons (Fsp3) is 0.533. The molecule has 21 heavy (non-hydrogen) atoms. The molecule has 116 valence electrons. The highest BCUT2D eigenvalue weighted by Gasteiger charge is 2.10. The van der Waals surface area contributed by atoms with Crippen LogP contribution in [0, 0.1) is 0 Å². The summed E-state index contributed by atoms with van der Waals surface area (Å²) in [6.45, 7) is 6.64. The van der Waals surface area contributed by atoms with Crippen LogP contribution in [-0.4, -0.2) is 68.5 Å². The number of carboxylic acid groups (broad SMARTS) is 1. The van der Waals surface area contributed by atoms with Crippen LogP contribution >= 0.6 is 0 Å². The summed E-state index contributed by atoms with van der Waals surface area (Å²) in [4.78, 5) is 13.4. The molecule has 0 radical (unpaired) electrons. The number of benzene rings is 1. The van der Waals surface area contributed by atoms with Gasteiger partial charge in [-0.25, -0.2) is 4.79 Å². The molecular weight excluding hydrogens is 272 g/mol. The third-order valence-corrected chi connectivity index (χ3v) is 3.36. The maximum Gasteiger partial charge on any atom is 0.339 e. The summed E-state index contributed by atoms with van der Waals surface area (Å²) < 4.78 is 10.8. The second-order valence-electron chi connectivity index (χ2n) is 4.85. The Kier molecular flexibility index (Phi) is 6.46. The Morgan fingerprint density at radius 2 is 2.05 bits per heavy atom. The van der Waals surface area contributed by atoms with Gasteiger partial charge in [0, 0.05) is 32.7 Å². The number of carboxylic acids is 1. The van der Waals surface area contributed by atoms with Gasteiger partial charge in [0.05, 0.1) is 13.2 Å². The molecule has 1 aliphatic rings. The lowest BCUT2D eigenvalue weighted by Gasteiger charge is -2.26. The van der Waals surface area contributed by atoms with E-state index in [0.717, 1.165) is 39.4 Å². The SMILES string of the molecule is O=C(O)c1ccccc1OCCNCCN1CCOCC1. The molecule has 0 unspecified atom stereocenters. The van der Waals surface area contributed by atoms with Crippen LogP contribution in [0.5, 0.6) is 5.75 Å². The van der Waals surface area contributed by atoms with Crippen molar-refractivity contribution in [3.05, 3.63) is 29.8 Å². The molecule has 2 N–H and O–H groups in total. The van der Waals surface area contributed by atoms with Crippen molar-refractivity contribution in [2.24, 2.45) is 0 Å². The number of hydrogen-bond acceptors (Lipinski definition) is 5. The molecule has 0 aliphatic carbocycles. The molecule has 1 heterocycles. The highest BCUT2D eigenvalue weighted by atomic mass is 16.5. The molecule has 1 aromatic rings. The number of morpholine rings is 1. The first kappa shape index (κ1) is 15.8. The van der Waals surface area contributed by atoms with Crippen molar-refractivity contribution in [1.29, 1.82) is 0 Å². The van der Waals surface area contributed by atoms with E-state index in [0.29, 0.717) is 18.9 Å². The van der Waals surface area contributed by atoms with E-state index >= 15 is 0 Å². The summed E-state index contributed by atoms with van der Waals surface area (Å²) >= 11 is 0. The summed E-state index contributed by atoms with van der Waals surface area (Å²) in [7, 11) is 0. The fourth-order valence-corrected chi connectivity index (χ4v) is 2.19. The number of hydrogen-bond donors (Lipinski definition) is 2. The van der Waals surface area contributed by atoms with Crippen LogP contribution in [0.25, 0.3) is 0 Å². The Morgan fingerprint density at radius 3 is 2.81 bits per heavy atom. The Morgan fingerprint density at radius 1 is 1.29 bits per heavy atom. The van der Waals surface area contributed by atoms with Crippen LogP contribution < -0.4 is 10.1 Å². The molecular formula is C15H22N2O4. The standard InChI is InChI=1S/C15H22N2O4/c18-15(19)13-3-1-2-4-14(13)21-10-6-16-5-7-17-8-11-20-12-9-17/h1-4,16H,5-12H2,(H,18,19).